The van der Waals surface area contributed by atoms with Crippen molar-refractivity contribution in [1.82, 2.24) is 4.90 Å². The first-order valence-corrected chi connectivity index (χ1v) is 11.5. The topological polar surface area (TPSA) is 113 Å². The van der Waals surface area contributed by atoms with Crippen molar-refractivity contribution in [3.05, 3.63) is 30.1 Å². The normalized spacial score (nSPS) is 23.1. The molecule has 2 amide bonds. The van der Waals surface area contributed by atoms with Gasteiger partial charge in [0.05, 0.1) is 17.2 Å². The van der Waals surface area contributed by atoms with E-state index >= 15 is 0 Å². The zero-order valence-electron chi connectivity index (χ0n) is 16.3. The quantitative estimate of drug-likeness (QED) is 0.703. The van der Waals surface area contributed by atoms with Crippen molar-refractivity contribution in [3.63, 3.8) is 0 Å². The maximum Gasteiger partial charge on any atom is 0.270 e. The Morgan fingerprint density at radius 1 is 1.31 bits per heavy atom. The minimum atomic E-state index is -3.16. The molecule has 1 aromatic rings. The molecule has 2 atom stereocenters. The Morgan fingerprint density at radius 3 is 2.55 bits per heavy atom. The molecule has 2 N–H and O–H groups in total. The van der Waals surface area contributed by atoms with E-state index in [1.807, 2.05) is 6.92 Å². The van der Waals surface area contributed by atoms with Gasteiger partial charge >= 0.3 is 0 Å². The van der Waals surface area contributed by atoms with Crippen LogP contribution >= 0.6 is 0 Å². The summed E-state index contributed by atoms with van der Waals surface area (Å²) in [6.07, 6.45) is 2.00. The van der Waals surface area contributed by atoms with Gasteiger partial charge in [0, 0.05) is 19.0 Å². The smallest absolute Gasteiger partial charge is 0.270 e. The first-order valence-electron chi connectivity index (χ1n) is 9.65. The third-order valence-electron chi connectivity index (χ3n) is 5.24. The van der Waals surface area contributed by atoms with Crippen molar-refractivity contribution >= 4 is 33.1 Å². The predicted molar refractivity (Wildman–Crippen MR) is 108 cm³/mol. The average molecular weight is 424 g/mol. The van der Waals surface area contributed by atoms with Gasteiger partial charge in [-0.15, -0.1) is 0 Å². The number of nitrogens with zero attached hydrogens (tertiary/aromatic N) is 3. The molecular weight excluding hydrogens is 399 g/mol. The largest absolute Gasteiger partial charge is 0.368 e. The van der Waals surface area contributed by atoms with Crippen molar-refractivity contribution in [2.75, 3.05) is 23.1 Å². The van der Waals surface area contributed by atoms with Gasteiger partial charge in [-0.05, 0) is 37.1 Å². The lowest BCUT2D eigenvalue weighted by Gasteiger charge is -2.28. The molecule has 29 heavy (non-hydrogen) atoms. The number of benzene rings is 1. The zero-order chi connectivity index (χ0) is 21.2. The molecule has 0 aromatic heterocycles. The van der Waals surface area contributed by atoms with E-state index in [-0.39, 0.29) is 29.5 Å². The Hall–Kier alpha value is -2.49. The summed E-state index contributed by atoms with van der Waals surface area (Å²) in [6.45, 7) is 2.41. The molecule has 0 aliphatic carbocycles. The van der Waals surface area contributed by atoms with Crippen LogP contribution in [-0.4, -0.2) is 61.0 Å². The van der Waals surface area contributed by atoms with Gasteiger partial charge < -0.3 is 10.6 Å². The van der Waals surface area contributed by atoms with Crippen LogP contribution in [-0.2, 0) is 19.4 Å². The number of carbonyl (C=O) groups excluding carboxylic acids is 2. The Balaban J connectivity index is 1.87. The van der Waals surface area contributed by atoms with Crippen LogP contribution in [0.15, 0.2) is 29.4 Å². The molecule has 3 rings (SSSR count). The number of anilines is 1. The van der Waals surface area contributed by atoms with Crippen molar-refractivity contribution in [3.8, 4) is 0 Å². The molecule has 2 aliphatic rings. The molecule has 158 valence electrons. The van der Waals surface area contributed by atoms with Gasteiger partial charge in [0.1, 0.15) is 17.6 Å². The molecule has 2 unspecified atom stereocenters. The van der Waals surface area contributed by atoms with Gasteiger partial charge in [-0.3, -0.25) is 14.6 Å². The van der Waals surface area contributed by atoms with Crippen LogP contribution < -0.4 is 10.7 Å². The van der Waals surface area contributed by atoms with E-state index < -0.39 is 33.6 Å². The summed E-state index contributed by atoms with van der Waals surface area (Å²) < 4.78 is 37.0. The fraction of sp³-hybridized carbons (Fsp3) is 0.526. The lowest BCUT2D eigenvalue weighted by Crippen LogP contribution is -2.45. The molecule has 2 aliphatic heterocycles. The van der Waals surface area contributed by atoms with Crippen molar-refractivity contribution < 1.29 is 22.4 Å². The highest BCUT2D eigenvalue weighted by molar-refractivity contribution is 7.91. The van der Waals surface area contributed by atoms with E-state index in [4.69, 9.17) is 5.73 Å². The molecule has 8 nitrogen and oxygen atoms in total. The maximum atomic E-state index is 13.2. The SMILES string of the molecule is CCCCN(C(=O)C1=NN(c2ccc(F)cc2)C(C(N)=O)C1)C1CCS(=O)(=O)C1. The lowest BCUT2D eigenvalue weighted by molar-refractivity contribution is -0.126. The average Bonchev–Trinajstić information content (AvgIpc) is 3.26. The van der Waals surface area contributed by atoms with Crippen molar-refractivity contribution in [1.29, 1.82) is 0 Å². The molecule has 0 bridgehead atoms. The van der Waals surface area contributed by atoms with Crippen LogP contribution in [0, 0.1) is 5.82 Å². The third-order valence-corrected chi connectivity index (χ3v) is 6.99. The summed E-state index contributed by atoms with van der Waals surface area (Å²) in [5, 5.41) is 5.65. The third kappa shape index (κ3) is 4.75. The Labute approximate surface area is 169 Å². The first-order chi connectivity index (χ1) is 13.7. The minimum absolute atomic E-state index is 0.0215. The highest BCUT2D eigenvalue weighted by Crippen LogP contribution is 2.27. The number of nitrogens with two attached hydrogens (primary N) is 1. The second kappa shape index (κ2) is 8.48. The predicted octanol–water partition coefficient (Wildman–Crippen LogP) is 1.06. The summed E-state index contributed by atoms with van der Waals surface area (Å²) in [4.78, 5) is 26.7. The molecule has 0 radical (unpaired) electrons. The number of primary amides is 1. The molecule has 0 spiro atoms. The van der Waals surface area contributed by atoms with E-state index in [1.165, 1.54) is 29.3 Å². The van der Waals surface area contributed by atoms with E-state index in [2.05, 4.69) is 5.10 Å². The number of amides is 2. The number of unbranched alkanes of at least 4 members (excludes halogenated alkanes) is 1. The number of halogens is 1. The lowest BCUT2D eigenvalue weighted by atomic mass is 10.1. The highest BCUT2D eigenvalue weighted by Gasteiger charge is 2.40. The van der Waals surface area contributed by atoms with Gasteiger partial charge in [-0.25, -0.2) is 12.8 Å². The summed E-state index contributed by atoms with van der Waals surface area (Å²) in [5.41, 5.74) is 6.10. The van der Waals surface area contributed by atoms with Crippen LogP contribution in [0.3, 0.4) is 0 Å². The van der Waals surface area contributed by atoms with Crippen LogP contribution in [0.1, 0.15) is 32.6 Å². The minimum Gasteiger partial charge on any atom is -0.368 e. The number of sulfone groups is 1. The number of hydrazone groups is 1. The van der Waals surface area contributed by atoms with Crippen LogP contribution in [0.2, 0.25) is 0 Å². The maximum absolute atomic E-state index is 13.2. The highest BCUT2D eigenvalue weighted by atomic mass is 32.2. The number of rotatable bonds is 7. The van der Waals surface area contributed by atoms with E-state index in [9.17, 15) is 22.4 Å². The number of hydrogen-bond acceptors (Lipinski definition) is 6. The van der Waals surface area contributed by atoms with E-state index in [0.717, 1.165) is 12.8 Å². The summed E-state index contributed by atoms with van der Waals surface area (Å²) in [7, 11) is -3.16. The van der Waals surface area contributed by atoms with Crippen LogP contribution in [0.25, 0.3) is 0 Å². The molecule has 10 heteroatoms. The zero-order valence-corrected chi connectivity index (χ0v) is 17.1. The Morgan fingerprint density at radius 2 is 2.00 bits per heavy atom. The fourth-order valence-corrected chi connectivity index (χ4v) is 5.39. The second-order valence-corrected chi connectivity index (χ2v) is 9.63. The molecule has 1 aromatic carbocycles. The Kier molecular flexibility index (Phi) is 6.21. The van der Waals surface area contributed by atoms with Gasteiger partial charge in [0.15, 0.2) is 9.84 Å². The van der Waals surface area contributed by atoms with Crippen LogP contribution in [0.4, 0.5) is 10.1 Å². The first kappa shape index (κ1) is 21.2. The molecule has 1 fully saturated rings. The van der Waals surface area contributed by atoms with Gasteiger partial charge in [-0.1, -0.05) is 13.3 Å². The van der Waals surface area contributed by atoms with Crippen molar-refractivity contribution in [2.45, 2.75) is 44.7 Å². The van der Waals surface area contributed by atoms with Crippen LogP contribution in [0.5, 0.6) is 0 Å². The molecule has 1 saturated heterocycles. The Bertz CT molecular complexity index is 917. The standard InChI is InChI=1S/C19H25FN4O4S/c1-2-3-9-23(15-8-10-29(27,28)12-15)19(26)16-11-17(18(21)25)24(22-16)14-6-4-13(20)5-7-14/h4-7,15,17H,2-3,8-12H2,1H3,(H2,21,25). The molecular formula is C19H25FN4O4S. The van der Waals surface area contributed by atoms with Gasteiger partial charge in [-0.2, -0.15) is 5.10 Å². The number of hydrogen-bond donors (Lipinski definition) is 1. The second-order valence-electron chi connectivity index (χ2n) is 7.40. The summed E-state index contributed by atoms with van der Waals surface area (Å²) in [5.74, 6) is -1.46. The fourth-order valence-electron chi connectivity index (χ4n) is 3.66. The van der Waals surface area contributed by atoms with E-state index in [1.54, 1.807) is 4.90 Å². The van der Waals surface area contributed by atoms with Crippen molar-refractivity contribution in [2.24, 2.45) is 10.8 Å². The summed E-state index contributed by atoms with van der Waals surface area (Å²) in [6, 6.07) is 4.13. The summed E-state index contributed by atoms with van der Waals surface area (Å²) >= 11 is 0. The van der Waals surface area contributed by atoms with Gasteiger partial charge in [0.2, 0.25) is 5.91 Å². The van der Waals surface area contributed by atoms with Gasteiger partial charge in [0.25, 0.3) is 5.91 Å². The number of carbonyl (C=O) groups is 2. The monoisotopic (exact) mass is 424 g/mol. The van der Waals surface area contributed by atoms with E-state index in [0.29, 0.717) is 18.7 Å². The molecule has 0 saturated carbocycles. The molecule has 2 heterocycles.